The van der Waals surface area contributed by atoms with Crippen LogP contribution >= 0.6 is 0 Å². The quantitative estimate of drug-likeness (QED) is 0.529. The molecule has 0 bridgehead atoms. The molecule has 0 saturated carbocycles. The van der Waals surface area contributed by atoms with E-state index in [1.807, 2.05) is 80.6 Å². The van der Waals surface area contributed by atoms with Gasteiger partial charge in [0.05, 0.1) is 17.6 Å². The van der Waals surface area contributed by atoms with Crippen LogP contribution in [0.25, 0.3) is 22.0 Å². The number of hydrogen-bond donors (Lipinski definition) is 1. The van der Waals surface area contributed by atoms with Gasteiger partial charge in [0.15, 0.2) is 0 Å². The number of nitrogens with zero attached hydrogens (tertiary/aromatic N) is 2. The van der Waals surface area contributed by atoms with Crippen LogP contribution in [0, 0.1) is 13.8 Å². The number of aliphatic hydroxyl groups is 1. The zero-order valence-electron chi connectivity index (χ0n) is 17.1. The second-order valence-corrected chi connectivity index (χ2v) is 7.48. The minimum atomic E-state index is -0.874. The maximum atomic E-state index is 13.0. The van der Waals surface area contributed by atoms with E-state index in [-0.39, 0.29) is 18.7 Å². The zero-order chi connectivity index (χ0) is 21.1. The average molecular weight is 400 g/mol. The van der Waals surface area contributed by atoms with E-state index in [4.69, 9.17) is 4.74 Å². The number of aryl methyl sites for hydroxylation is 2. The molecule has 4 rings (SSSR count). The maximum absolute atomic E-state index is 13.0. The Kier molecular flexibility index (Phi) is 5.63. The molecule has 0 radical (unpaired) electrons. The van der Waals surface area contributed by atoms with Gasteiger partial charge in [-0.3, -0.25) is 4.79 Å². The number of aromatic nitrogens is 2. The van der Waals surface area contributed by atoms with Gasteiger partial charge in [-0.15, -0.1) is 0 Å². The molecular weight excluding hydrogens is 376 g/mol. The summed E-state index contributed by atoms with van der Waals surface area (Å²) in [6.45, 7) is 4.12. The smallest absolute Gasteiger partial charge is 0.274 e. The van der Waals surface area contributed by atoms with E-state index in [0.29, 0.717) is 11.1 Å². The molecule has 30 heavy (non-hydrogen) atoms. The monoisotopic (exact) mass is 400 g/mol. The first kappa shape index (κ1) is 19.9. The number of hydrogen-bond acceptors (Lipinski definition) is 4. The summed E-state index contributed by atoms with van der Waals surface area (Å²) in [6.07, 6.45) is -0.874. The van der Waals surface area contributed by atoms with E-state index in [0.717, 1.165) is 27.8 Å². The van der Waals surface area contributed by atoms with Crippen molar-refractivity contribution in [2.45, 2.75) is 26.5 Å². The van der Waals surface area contributed by atoms with E-state index < -0.39 is 6.10 Å². The molecule has 0 amide bonds. The van der Waals surface area contributed by atoms with Crippen molar-refractivity contribution in [3.05, 3.63) is 94.3 Å². The molecule has 1 N–H and O–H groups in total. The Labute approximate surface area is 175 Å². The van der Waals surface area contributed by atoms with E-state index in [9.17, 15) is 9.90 Å². The number of fused-ring (bicyclic) bond motifs is 1. The van der Waals surface area contributed by atoms with Crippen molar-refractivity contribution in [3.8, 4) is 17.0 Å². The second kappa shape index (κ2) is 8.51. The molecular formula is C25H24N2O3. The SMILES string of the molecule is Cc1ccc(OCC(O)Cn2nc(-c3ccccc3)c3ccccc3c2=O)c(C)c1. The van der Waals surface area contributed by atoms with Gasteiger partial charge in [-0.25, -0.2) is 4.68 Å². The molecule has 5 nitrogen and oxygen atoms in total. The summed E-state index contributed by atoms with van der Waals surface area (Å²) < 4.78 is 7.11. The van der Waals surface area contributed by atoms with E-state index >= 15 is 0 Å². The van der Waals surface area contributed by atoms with Crippen LogP contribution in [0.15, 0.2) is 77.6 Å². The van der Waals surface area contributed by atoms with Crippen LogP contribution in [-0.2, 0) is 6.54 Å². The lowest BCUT2D eigenvalue weighted by molar-refractivity contribution is 0.0879. The van der Waals surface area contributed by atoms with Gasteiger partial charge in [0.1, 0.15) is 18.5 Å². The van der Waals surface area contributed by atoms with Crippen molar-refractivity contribution < 1.29 is 9.84 Å². The van der Waals surface area contributed by atoms with Crippen molar-refractivity contribution in [2.75, 3.05) is 6.61 Å². The topological polar surface area (TPSA) is 64.3 Å². The number of aliphatic hydroxyl groups excluding tert-OH is 1. The normalized spacial score (nSPS) is 12.1. The van der Waals surface area contributed by atoms with Gasteiger partial charge >= 0.3 is 0 Å². The molecule has 152 valence electrons. The summed E-state index contributed by atoms with van der Waals surface area (Å²) in [5, 5.41) is 16.5. The first-order chi connectivity index (χ1) is 14.5. The Hall–Kier alpha value is -3.44. The van der Waals surface area contributed by atoms with Gasteiger partial charge in [0.2, 0.25) is 0 Å². The molecule has 0 aliphatic carbocycles. The fourth-order valence-corrected chi connectivity index (χ4v) is 3.57. The van der Waals surface area contributed by atoms with Crippen LogP contribution in [0.1, 0.15) is 11.1 Å². The third-order valence-corrected chi connectivity index (χ3v) is 5.06. The molecule has 1 unspecified atom stereocenters. The summed E-state index contributed by atoms with van der Waals surface area (Å²) in [6, 6.07) is 23.1. The highest BCUT2D eigenvalue weighted by Gasteiger charge is 2.15. The molecule has 0 aliphatic rings. The molecule has 5 heteroatoms. The average Bonchev–Trinajstić information content (AvgIpc) is 2.76. The van der Waals surface area contributed by atoms with Gasteiger partial charge in [-0.2, -0.15) is 5.10 Å². The van der Waals surface area contributed by atoms with Crippen LogP contribution in [-0.4, -0.2) is 27.6 Å². The zero-order valence-corrected chi connectivity index (χ0v) is 17.1. The summed E-state index contributed by atoms with van der Waals surface area (Å²) in [4.78, 5) is 13.0. The molecule has 0 aliphatic heterocycles. The third kappa shape index (κ3) is 4.11. The van der Waals surface area contributed by atoms with Crippen LogP contribution < -0.4 is 10.3 Å². The van der Waals surface area contributed by atoms with Crippen molar-refractivity contribution in [3.63, 3.8) is 0 Å². The predicted octanol–water partition coefficient (Wildman–Crippen LogP) is 4.12. The molecule has 3 aromatic carbocycles. The number of benzene rings is 3. The number of rotatable bonds is 6. The highest BCUT2D eigenvalue weighted by molar-refractivity contribution is 5.93. The molecule has 0 spiro atoms. The first-order valence-electron chi connectivity index (χ1n) is 9.96. The van der Waals surface area contributed by atoms with E-state index in [2.05, 4.69) is 5.10 Å². The summed E-state index contributed by atoms with van der Waals surface area (Å²) in [7, 11) is 0. The lowest BCUT2D eigenvalue weighted by atomic mass is 10.1. The third-order valence-electron chi connectivity index (χ3n) is 5.06. The molecule has 1 aromatic heterocycles. The summed E-state index contributed by atoms with van der Waals surface area (Å²) in [5.41, 5.74) is 3.57. The number of ether oxygens (including phenoxy) is 1. The lowest BCUT2D eigenvalue weighted by Gasteiger charge is -2.16. The highest BCUT2D eigenvalue weighted by Crippen LogP contribution is 2.24. The van der Waals surface area contributed by atoms with Gasteiger partial charge in [-0.1, -0.05) is 66.2 Å². The fraction of sp³-hybridized carbons (Fsp3) is 0.200. The Morgan fingerprint density at radius 3 is 2.40 bits per heavy atom. The van der Waals surface area contributed by atoms with E-state index in [1.165, 1.54) is 4.68 Å². The molecule has 0 saturated heterocycles. The minimum absolute atomic E-state index is 0.0500. The van der Waals surface area contributed by atoms with Crippen LogP contribution in [0.4, 0.5) is 0 Å². The van der Waals surface area contributed by atoms with Gasteiger partial charge in [0.25, 0.3) is 5.56 Å². The highest BCUT2D eigenvalue weighted by atomic mass is 16.5. The molecule has 4 aromatic rings. The predicted molar refractivity (Wildman–Crippen MR) is 119 cm³/mol. The van der Waals surface area contributed by atoms with E-state index in [1.54, 1.807) is 6.07 Å². The Balaban J connectivity index is 1.62. The van der Waals surface area contributed by atoms with Gasteiger partial charge in [-0.05, 0) is 31.5 Å². The lowest BCUT2D eigenvalue weighted by Crippen LogP contribution is -2.32. The molecule has 0 fully saturated rings. The Morgan fingerprint density at radius 2 is 1.67 bits per heavy atom. The first-order valence-corrected chi connectivity index (χ1v) is 9.96. The van der Waals surface area contributed by atoms with Crippen molar-refractivity contribution in [1.29, 1.82) is 0 Å². The van der Waals surface area contributed by atoms with Gasteiger partial charge < -0.3 is 9.84 Å². The minimum Gasteiger partial charge on any atom is -0.491 e. The second-order valence-electron chi connectivity index (χ2n) is 7.48. The fourth-order valence-electron chi connectivity index (χ4n) is 3.57. The van der Waals surface area contributed by atoms with Crippen molar-refractivity contribution >= 4 is 10.8 Å². The van der Waals surface area contributed by atoms with Crippen LogP contribution in [0.3, 0.4) is 0 Å². The molecule has 1 atom stereocenters. The van der Waals surface area contributed by atoms with Crippen molar-refractivity contribution in [2.24, 2.45) is 0 Å². The standard InChI is InChI=1S/C25H24N2O3/c1-17-12-13-23(18(2)14-17)30-16-20(28)15-27-25(29)22-11-7-6-10-21(22)24(26-27)19-8-4-3-5-9-19/h3-14,20,28H,15-16H2,1-2H3. The maximum Gasteiger partial charge on any atom is 0.274 e. The van der Waals surface area contributed by atoms with Crippen LogP contribution in [0.2, 0.25) is 0 Å². The largest absolute Gasteiger partial charge is 0.491 e. The summed E-state index contributed by atoms with van der Waals surface area (Å²) in [5.74, 6) is 0.725. The molecule has 1 heterocycles. The van der Waals surface area contributed by atoms with Gasteiger partial charge in [0, 0.05) is 10.9 Å². The Morgan fingerprint density at radius 1 is 0.967 bits per heavy atom. The van der Waals surface area contributed by atoms with Crippen molar-refractivity contribution in [1.82, 2.24) is 9.78 Å². The van der Waals surface area contributed by atoms with Crippen LogP contribution in [0.5, 0.6) is 5.75 Å². The summed E-state index contributed by atoms with van der Waals surface area (Å²) >= 11 is 0. The Bertz CT molecular complexity index is 1230.